The summed E-state index contributed by atoms with van der Waals surface area (Å²) in [5.74, 6) is 0.562. The van der Waals surface area contributed by atoms with Gasteiger partial charge in [0.1, 0.15) is 5.71 Å². The predicted molar refractivity (Wildman–Crippen MR) is 52.9 cm³/mol. The minimum absolute atomic E-state index is 0.562. The molecular formula is C9H9N3. The lowest BCUT2D eigenvalue weighted by Gasteiger charge is -2.01. The fourth-order valence-electron chi connectivity index (χ4n) is 0.774. The highest BCUT2D eigenvalue weighted by Gasteiger charge is 2.04. The smallest absolute Gasteiger partial charge is 0.178 e. The van der Waals surface area contributed by atoms with E-state index in [0.29, 0.717) is 11.5 Å². The molecule has 0 saturated heterocycles. The van der Waals surface area contributed by atoms with E-state index in [0.717, 1.165) is 0 Å². The van der Waals surface area contributed by atoms with Crippen molar-refractivity contribution in [3.63, 3.8) is 0 Å². The lowest BCUT2D eigenvalue weighted by atomic mass is 10.2. The molecule has 0 atom stereocenters. The molecule has 0 unspecified atom stereocenters. The van der Waals surface area contributed by atoms with E-state index in [1.807, 2.05) is 6.08 Å². The van der Waals surface area contributed by atoms with Crippen LogP contribution in [0.3, 0.4) is 0 Å². The van der Waals surface area contributed by atoms with E-state index in [1.165, 1.54) is 12.4 Å². The van der Waals surface area contributed by atoms with Crippen LogP contribution in [0, 0.1) is 0 Å². The fourth-order valence-corrected chi connectivity index (χ4v) is 0.774. The molecule has 0 radical (unpaired) electrons. The average molecular weight is 159 g/mol. The average Bonchev–Trinajstić information content (AvgIpc) is 2.09. The molecular weight excluding hydrogens is 150 g/mol. The first-order valence-electron chi connectivity index (χ1n) is 3.47. The molecule has 0 aliphatic carbocycles. The standard InChI is InChI=1S/C9H9N3/c1-3-10-8-6-5-7-12-9(8)11-4-2/h3-7H,1-2H2. The molecule has 60 valence electrons. The number of dihydropyridines is 1. The second kappa shape index (κ2) is 4.18. The zero-order valence-corrected chi connectivity index (χ0v) is 6.64. The second-order valence-electron chi connectivity index (χ2n) is 1.97. The molecule has 0 spiro atoms. The van der Waals surface area contributed by atoms with E-state index in [-0.39, 0.29) is 0 Å². The van der Waals surface area contributed by atoms with Crippen molar-refractivity contribution in [1.29, 1.82) is 0 Å². The van der Waals surface area contributed by atoms with Gasteiger partial charge in [-0.05, 0) is 12.2 Å². The molecule has 0 aromatic carbocycles. The molecule has 0 bridgehead atoms. The Kier molecular flexibility index (Phi) is 2.90. The van der Waals surface area contributed by atoms with Crippen LogP contribution in [0.25, 0.3) is 0 Å². The van der Waals surface area contributed by atoms with Crippen molar-refractivity contribution in [2.75, 3.05) is 0 Å². The Morgan fingerprint density at radius 2 is 2.00 bits per heavy atom. The SMILES string of the molecule is C=CN=C1C=CC=NC1=NC=C. The number of allylic oxidation sites excluding steroid dienone is 1. The minimum atomic E-state index is 0.562. The highest BCUT2D eigenvalue weighted by atomic mass is 14.9. The Balaban J connectivity index is 3.00. The molecule has 0 aromatic rings. The largest absolute Gasteiger partial charge is 0.254 e. The maximum absolute atomic E-state index is 4.01. The summed E-state index contributed by atoms with van der Waals surface area (Å²) in [6.07, 6.45) is 8.16. The molecule has 3 nitrogen and oxygen atoms in total. The van der Waals surface area contributed by atoms with Gasteiger partial charge in [-0.2, -0.15) is 0 Å². The first-order valence-corrected chi connectivity index (χ1v) is 3.47. The summed E-state index contributed by atoms with van der Waals surface area (Å²) >= 11 is 0. The van der Waals surface area contributed by atoms with Crippen LogP contribution < -0.4 is 0 Å². The lowest BCUT2D eigenvalue weighted by Crippen LogP contribution is -2.11. The highest BCUT2D eigenvalue weighted by Crippen LogP contribution is 1.96. The molecule has 0 amide bonds. The van der Waals surface area contributed by atoms with Gasteiger partial charge in [-0.25, -0.2) is 9.98 Å². The monoisotopic (exact) mass is 159 g/mol. The van der Waals surface area contributed by atoms with E-state index >= 15 is 0 Å². The molecule has 12 heavy (non-hydrogen) atoms. The molecule has 1 heterocycles. The summed E-state index contributed by atoms with van der Waals surface area (Å²) in [4.78, 5) is 11.9. The number of aliphatic imine (C=N–C) groups is 3. The Morgan fingerprint density at radius 3 is 2.67 bits per heavy atom. The van der Waals surface area contributed by atoms with E-state index in [4.69, 9.17) is 0 Å². The summed E-state index contributed by atoms with van der Waals surface area (Å²) < 4.78 is 0. The van der Waals surface area contributed by atoms with Gasteiger partial charge >= 0.3 is 0 Å². The van der Waals surface area contributed by atoms with Gasteiger partial charge < -0.3 is 0 Å². The Morgan fingerprint density at radius 1 is 1.25 bits per heavy atom. The molecule has 3 heteroatoms. The van der Waals surface area contributed by atoms with Crippen molar-refractivity contribution >= 4 is 17.8 Å². The fraction of sp³-hybridized carbons (Fsp3) is 0. The third-order valence-corrected chi connectivity index (χ3v) is 1.21. The van der Waals surface area contributed by atoms with Crippen molar-refractivity contribution in [1.82, 2.24) is 0 Å². The third-order valence-electron chi connectivity index (χ3n) is 1.21. The van der Waals surface area contributed by atoms with Crippen molar-refractivity contribution in [3.8, 4) is 0 Å². The molecule has 0 fully saturated rings. The lowest BCUT2D eigenvalue weighted by molar-refractivity contribution is 1.51. The van der Waals surface area contributed by atoms with Crippen LogP contribution in [0.5, 0.6) is 0 Å². The van der Waals surface area contributed by atoms with Crippen molar-refractivity contribution in [2.24, 2.45) is 15.0 Å². The summed E-state index contributed by atoms with van der Waals surface area (Å²) in [6.45, 7) is 6.98. The van der Waals surface area contributed by atoms with Gasteiger partial charge in [0.15, 0.2) is 5.84 Å². The first-order chi connectivity index (χ1) is 5.88. The van der Waals surface area contributed by atoms with Crippen LogP contribution in [-0.2, 0) is 0 Å². The first kappa shape index (κ1) is 8.33. The number of rotatable bonds is 2. The second-order valence-corrected chi connectivity index (χ2v) is 1.97. The highest BCUT2D eigenvalue weighted by molar-refractivity contribution is 6.48. The molecule has 0 N–H and O–H groups in total. The Hall–Kier alpha value is -1.77. The van der Waals surface area contributed by atoms with E-state index in [2.05, 4.69) is 28.1 Å². The van der Waals surface area contributed by atoms with E-state index < -0.39 is 0 Å². The molecule has 0 saturated carbocycles. The minimum Gasteiger partial charge on any atom is -0.254 e. The molecule has 1 rings (SSSR count). The van der Waals surface area contributed by atoms with Gasteiger partial charge in [0.2, 0.25) is 0 Å². The molecule has 1 aliphatic heterocycles. The van der Waals surface area contributed by atoms with Gasteiger partial charge in [-0.3, -0.25) is 4.99 Å². The Labute approximate surface area is 71.3 Å². The summed E-state index contributed by atoms with van der Waals surface area (Å²) in [5.41, 5.74) is 0.701. The molecule has 0 aromatic heterocycles. The van der Waals surface area contributed by atoms with Crippen LogP contribution in [0.2, 0.25) is 0 Å². The zero-order valence-electron chi connectivity index (χ0n) is 6.64. The van der Waals surface area contributed by atoms with Crippen LogP contribution >= 0.6 is 0 Å². The quantitative estimate of drug-likeness (QED) is 0.588. The van der Waals surface area contributed by atoms with Gasteiger partial charge in [0.25, 0.3) is 0 Å². The van der Waals surface area contributed by atoms with Crippen LogP contribution in [-0.4, -0.2) is 17.8 Å². The van der Waals surface area contributed by atoms with Crippen molar-refractivity contribution < 1.29 is 0 Å². The maximum atomic E-state index is 4.01. The number of hydrogen-bond acceptors (Lipinski definition) is 2. The Bertz CT molecular complexity index is 274. The van der Waals surface area contributed by atoms with E-state index in [1.54, 1.807) is 12.3 Å². The zero-order chi connectivity index (χ0) is 8.81. The van der Waals surface area contributed by atoms with Gasteiger partial charge in [-0.15, -0.1) is 0 Å². The third kappa shape index (κ3) is 1.85. The van der Waals surface area contributed by atoms with Crippen molar-refractivity contribution in [3.05, 3.63) is 37.7 Å². The van der Waals surface area contributed by atoms with Gasteiger partial charge in [0.05, 0.1) is 0 Å². The predicted octanol–water partition coefficient (Wildman–Crippen LogP) is 1.75. The van der Waals surface area contributed by atoms with Crippen LogP contribution in [0.15, 0.2) is 52.7 Å². The molecule has 1 aliphatic rings. The topological polar surface area (TPSA) is 37.1 Å². The number of amidine groups is 1. The number of hydrogen-bond donors (Lipinski definition) is 0. The summed E-state index contributed by atoms with van der Waals surface area (Å²) in [5, 5.41) is 0. The maximum Gasteiger partial charge on any atom is 0.178 e. The van der Waals surface area contributed by atoms with E-state index in [9.17, 15) is 0 Å². The summed E-state index contributed by atoms with van der Waals surface area (Å²) in [6, 6.07) is 0. The van der Waals surface area contributed by atoms with Gasteiger partial charge in [-0.1, -0.05) is 13.2 Å². The number of nitrogens with zero attached hydrogens (tertiary/aromatic N) is 3. The van der Waals surface area contributed by atoms with Crippen molar-refractivity contribution in [2.45, 2.75) is 0 Å². The van der Waals surface area contributed by atoms with Crippen LogP contribution in [0.1, 0.15) is 0 Å². The van der Waals surface area contributed by atoms with Gasteiger partial charge in [0, 0.05) is 18.6 Å². The normalized spacial score (nSPS) is 21.7. The summed E-state index contributed by atoms with van der Waals surface area (Å²) in [7, 11) is 0. The van der Waals surface area contributed by atoms with Crippen LogP contribution in [0.4, 0.5) is 0 Å².